The van der Waals surface area contributed by atoms with Crippen molar-refractivity contribution < 1.29 is 4.39 Å². The molecule has 0 radical (unpaired) electrons. The second-order valence-corrected chi connectivity index (χ2v) is 7.70. The number of anilines is 1. The molecule has 0 fully saturated rings. The summed E-state index contributed by atoms with van der Waals surface area (Å²) in [5, 5.41) is 0.613. The summed E-state index contributed by atoms with van der Waals surface area (Å²) in [5.41, 5.74) is 4.23. The van der Waals surface area contributed by atoms with Gasteiger partial charge in [0.1, 0.15) is 5.82 Å². The summed E-state index contributed by atoms with van der Waals surface area (Å²) in [5.74, 6) is -0.263. The number of fused-ring (bicyclic) bond motifs is 1. The van der Waals surface area contributed by atoms with Gasteiger partial charge in [0.15, 0.2) is 0 Å². The standard InChI is InChI=1S/C22H24ClFN2/c1-5-9-26-21-12-20(24)16(10-19(21)15(2)13-22(26,3)4)14-25-18-8-6-7-17(23)11-18/h6-8,10-14H,5,9H2,1-4H3. The Morgan fingerprint density at radius 3 is 2.69 bits per heavy atom. The fraction of sp³-hybridized carbons (Fsp3) is 0.318. The lowest BCUT2D eigenvalue weighted by molar-refractivity contribution is 0.546. The Morgan fingerprint density at radius 2 is 2.00 bits per heavy atom. The van der Waals surface area contributed by atoms with Gasteiger partial charge < -0.3 is 4.90 Å². The molecule has 0 bridgehead atoms. The molecule has 136 valence electrons. The maximum absolute atomic E-state index is 14.8. The average molecular weight is 371 g/mol. The van der Waals surface area contributed by atoms with Gasteiger partial charge in [-0.2, -0.15) is 0 Å². The quantitative estimate of drug-likeness (QED) is 0.550. The highest BCUT2D eigenvalue weighted by atomic mass is 35.5. The Hall–Kier alpha value is -2.13. The molecule has 0 saturated carbocycles. The minimum Gasteiger partial charge on any atom is -0.362 e. The van der Waals surface area contributed by atoms with E-state index >= 15 is 0 Å². The largest absolute Gasteiger partial charge is 0.362 e. The average Bonchev–Trinajstić information content (AvgIpc) is 2.57. The number of hydrogen-bond acceptors (Lipinski definition) is 2. The van der Waals surface area contributed by atoms with Gasteiger partial charge in [-0.25, -0.2) is 4.39 Å². The van der Waals surface area contributed by atoms with Gasteiger partial charge in [-0.05, 0) is 63.1 Å². The van der Waals surface area contributed by atoms with Crippen LogP contribution in [0.4, 0.5) is 15.8 Å². The van der Waals surface area contributed by atoms with Crippen LogP contribution in [-0.4, -0.2) is 18.3 Å². The summed E-state index contributed by atoms with van der Waals surface area (Å²) in [6.07, 6.45) is 4.83. The lowest BCUT2D eigenvalue weighted by Crippen LogP contribution is -2.45. The first-order chi connectivity index (χ1) is 12.3. The molecular formula is C22H24ClFN2. The molecule has 0 aromatic heterocycles. The van der Waals surface area contributed by atoms with Gasteiger partial charge in [0, 0.05) is 34.6 Å². The molecular weight excluding hydrogens is 347 g/mol. The van der Waals surface area contributed by atoms with Crippen LogP contribution < -0.4 is 4.90 Å². The van der Waals surface area contributed by atoms with Crippen LogP contribution in [-0.2, 0) is 0 Å². The molecule has 0 unspecified atom stereocenters. The molecule has 0 saturated heterocycles. The topological polar surface area (TPSA) is 15.6 Å². The zero-order valence-corrected chi connectivity index (χ0v) is 16.4. The van der Waals surface area contributed by atoms with Crippen LogP contribution in [0.5, 0.6) is 0 Å². The first-order valence-electron chi connectivity index (χ1n) is 8.92. The molecule has 0 atom stereocenters. The molecule has 2 aromatic rings. The number of hydrogen-bond donors (Lipinski definition) is 0. The van der Waals surface area contributed by atoms with Gasteiger partial charge in [0.25, 0.3) is 0 Å². The molecule has 2 aromatic carbocycles. The van der Waals surface area contributed by atoms with Crippen molar-refractivity contribution in [2.75, 3.05) is 11.4 Å². The van der Waals surface area contributed by atoms with Crippen molar-refractivity contribution in [3.8, 4) is 0 Å². The molecule has 1 aliphatic heterocycles. The predicted molar refractivity (Wildman–Crippen MR) is 110 cm³/mol. The first kappa shape index (κ1) is 18.7. The van der Waals surface area contributed by atoms with E-state index in [1.807, 2.05) is 18.2 Å². The van der Waals surface area contributed by atoms with Crippen molar-refractivity contribution in [1.82, 2.24) is 0 Å². The Morgan fingerprint density at radius 1 is 1.23 bits per heavy atom. The van der Waals surface area contributed by atoms with Crippen molar-refractivity contribution in [3.63, 3.8) is 0 Å². The molecule has 2 nitrogen and oxygen atoms in total. The van der Waals surface area contributed by atoms with Crippen LogP contribution in [0, 0.1) is 5.82 Å². The molecule has 1 heterocycles. The van der Waals surface area contributed by atoms with E-state index in [0.29, 0.717) is 16.3 Å². The maximum Gasteiger partial charge on any atom is 0.134 e. The first-order valence-corrected chi connectivity index (χ1v) is 9.30. The van der Waals surface area contributed by atoms with E-state index in [4.69, 9.17) is 11.6 Å². The second-order valence-electron chi connectivity index (χ2n) is 7.26. The van der Waals surface area contributed by atoms with E-state index in [1.165, 1.54) is 0 Å². The van der Waals surface area contributed by atoms with Crippen molar-refractivity contribution in [2.24, 2.45) is 4.99 Å². The third-order valence-corrected chi connectivity index (χ3v) is 4.94. The Bertz CT molecular complexity index is 884. The van der Waals surface area contributed by atoms with Gasteiger partial charge in [0.05, 0.1) is 11.2 Å². The summed E-state index contributed by atoms with van der Waals surface area (Å²) in [6, 6.07) is 10.7. The number of benzene rings is 2. The minimum atomic E-state index is -0.263. The molecule has 26 heavy (non-hydrogen) atoms. The van der Waals surface area contributed by atoms with Crippen LogP contribution >= 0.6 is 11.6 Å². The highest BCUT2D eigenvalue weighted by Crippen LogP contribution is 2.40. The SMILES string of the molecule is CCCN1c2cc(F)c(C=Nc3cccc(Cl)c3)cc2C(C)=CC1(C)C. The van der Waals surface area contributed by atoms with E-state index in [2.05, 4.69) is 43.7 Å². The summed E-state index contributed by atoms with van der Waals surface area (Å²) in [4.78, 5) is 6.65. The van der Waals surface area contributed by atoms with Gasteiger partial charge in [-0.1, -0.05) is 30.7 Å². The van der Waals surface area contributed by atoms with E-state index in [-0.39, 0.29) is 11.4 Å². The zero-order chi connectivity index (χ0) is 18.9. The van der Waals surface area contributed by atoms with Gasteiger partial charge in [-0.15, -0.1) is 0 Å². The highest BCUT2D eigenvalue weighted by Gasteiger charge is 2.31. The van der Waals surface area contributed by atoms with Crippen molar-refractivity contribution in [1.29, 1.82) is 0 Å². The van der Waals surface area contributed by atoms with Crippen LogP contribution in [0.3, 0.4) is 0 Å². The third kappa shape index (κ3) is 3.68. The summed E-state index contributed by atoms with van der Waals surface area (Å²) in [6.45, 7) is 9.45. The van der Waals surface area contributed by atoms with Crippen LogP contribution in [0.15, 0.2) is 47.5 Å². The van der Waals surface area contributed by atoms with E-state index < -0.39 is 0 Å². The van der Waals surface area contributed by atoms with E-state index in [1.54, 1.807) is 24.4 Å². The second kappa shape index (κ2) is 7.24. The Balaban J connectivity index is 2.03. The molecule has 4 heteroatoms. The summed E-state index contributed by atoms with van der Waals surface area (Å²) < 4.78 is 14.8. The lowest BCUT2D eigenvalue weighted by Gasteiger charge is -2.43. The van der Waals surface area contributed by atoms with Crippen molar-refractivity contribution >= 4 is 34.8 Å². The van der Waals surface area contributed by atoms with Crippen LogP contribution in [0.25, 0.3) is 5.57 Å². The smallest absolute Gasteiger partial charge is 0.134 e. The van der Waals surface area contributed by atoms with Crippen LogP contribution in [0.2, 0.25) is 5.02 Å². The monoisotopic (exact) mass is 370 g/mol. The molecule has 0 spiro atoms. The normalized spacial score (nSPS) is 15.9. The van der Waals surface area contributed by atoms with Crippen LogP contribution in [0.1, 0.15) is 45.2 Å². The molecule has 3 rings (SSSR count). The van der Waals surface area contributed by atoms with Crippen molar-refractivity contribution in [2.45, 2.75) is 39.7 Å². The molecule has 1 aliphatic rings. The Kier molecular flexibility index (Phi) is 5.19. The Labute approximate surface area is 160 Å². The summed E-state index contributed by atoms with van der Waals surface area (Å²) >= 11 is 5.98. The third-order valence-electron chi connectivity index (χ3n) is 4.70. The van der Waals surface area contributed by atoms with Gasteiger partial charge in [-0.3, -0.25) is 4.99 Å². The number of aliphatic imine (C=N–C) groups is 1. The number of halogens is 2. The highest BCUT2D eigenvalue weighted by molar-refractivity contribution is 6.30. The number of allylic oxidation sites excluding steroid dienone is 1. The zero-order valence-electron chi connectivity index (χ0n) is 15.7. The summed E-state index contributed by atoms with van der Waals surface area (Å²) in [7, 11) is 0. The fourth-order valence-electron chi connectivity index (χ4n) is 3.55. The van der Waals surface area contributed by atoms with E-state index in [9.17, 15) is 4.39 Å². The number of rotatable bonds is 4. The fourth-order valence-corrected chi connectivity index (χ4v) is 3.73. The molecule has 0 N–H and O–H groups in total. The molecule has 0 aliphatic carbocycles. The maximum atomic E-state index is 14.8. The minimum absolute atomic E-state index is 0.129. The van der Waals surface area contributed by atoms with E-state index in [0.717, 1.165) is 29.8 Å². The molecule has 0 amide bonds. The van der Waals surface area contributed by atoms with Gasteiger partial charge in [0.2, 0.25) is 0 Å². The van der Waals surface area contributed by atoms with Crippen molar-refractivity contribution in [3.05, 3.63) is 64.4 Å². The predicted octanol–water partition coefficient (Wildman–Crippen LogP) is 6.64. The lowest BCUT2D eigenvalue weighted by atomic mass is 9.87. The number of nitrogens with zero attached hydrogens (tertiary/aromatic N) is 2. The van der Waals surface area contributed by atoms with Gasteiger partial charge >= 0.3 is 0 Å².